The summed E-state index contributed by atoms with van der Waals surface area (Å²) in [7, 11) is 1.95. The Kier molecular flexibility index (Phi) is 4.63. The third kappa shape index (κ3) is 3.38. The van der Waals surface area contributed by atoms with Gasteiger partial charge in [-0.2, -0.15) is 0 Å². The molecule has 0 aliphatic heterocycles. The molecule has 3 nitrogen and oxygen atoms in total. The zero-order valence-corrected chi connectivity index (χ0v) is 11.8. The van der Waals surface area contributed by atoms with Crippen molar-refractivity contribution in [1.29, 1.82) is 0 Å². The third-order valence-electron chi connectivity index (χ3n) is 3.06. The van der Waals surface area contributed by atoms with E-state index in [0.717, 1.165) is 30.1 Å². The average Bonchev–Trinajstić information content (AvgIpc) is 2.85. The van der Waals surface area contributed by atoms with Crippen molar-refractivity contribution in [3.8, 4) is 5.75 Å². The molecule has 0 aliphatic carbocycles. The van der Waals surface area contributed by atoms with E-state index in [1.807, 2.05) is 26.1 Å². The van der Waals surface area contributed by atoms with E-state index in [4.69, 9.17) is 9.15 Å². The van der Waals surface area contributed by atoms with Gasteiger partial charge in [-0.05, 0) is 44.2 Å². The van der Waals surface area contributed by atoms with E-state index in [-0.39, 0.29) is 6.04 Å². The molecule has 0 fully saturated rings. The van der Waals surface area contributed by atoms with Crippen LogP contribution in [-0.2, 0) is 0 Å². The normalized spacial score (nSPS) is 12.4. The highest BCUT2D eigenvalue weighted by Gasteiger charge is 2.14. The van der Waals surface area contributed by atoms with Gasteiger partial charge < -0.3 is 14.5 Å². The molecule has 0 bridgehead atoms. The van der Waals surface area contributed by atoms with Crippen LogP contribution in [0.5, 0.6) is 5.75 Å². The molecule has 1 N–H and O–H groups in total. The molecule has 19 heavy (non-hydrogen) atoms. The zero-order chi connectivity index (χ0) is 13.7. The standard InChI is InChI=1S/C16H21NO2/c1-4-9-18-15-7-5-13(6-8-15)16(17-3)14-10-12(2)19-11-14/h5-8,10-11,16-17H,4,9H2,1-3H3. The third-order valence-corrected chi connectivity index (χ3v) is 3.06. The van der Waals surface area contributed by atoms with Crippen LogP contribution in [-0.4, -0.2) is 13.7 Å². The molecule has 0 saturated heterocycles. The predicted octanol–water partition coefficient (Wildman–Crippen LogP) is 3.69. The number of aryl methyl sites for hydroxylation is 1. The molecule has 1 unspecified atom stereocenters. The van der Waals surface area contributed by atoms with Gasteiger partial charge in [0.1, 0.15) is 11.5 Å². The Balaban J connectivity index is 2.15. The van der Waals surface area contributed by atoms with Gasteiger partial charge in [0, 0.05) is 5.56 Å². The minimum Gasteiger partial charge on any atom is -0.494 e. The number of hydrogen-bond acceptors (Lipinski definition) is 3. The summed E-state index contributed by atoms with van der Waals surface area (Å²) < 4.78 is 11.0. The molecule has 2 rings (SSSR count). The van der Waals surface area contributed by atoms with Crippen molar-refractivity contribution in [3.05, 3.63) is 53.5 Å². The van der Waals surface area contributed by atoms with Crippen LogP contribution in [0.25, 0.3) is 0 Å². The van der Waals surface area contributed by atoms with Crippen LogP contribution < -0.4 is 10.1 Å². The van der Waals surface area contributed by atoms with E-state index >= 15 is 0 Å². The van der Waals surface area contributed by atoms with Gasteiger partial charge in [0.2, 0.25) is 0 Å². The molecule has 2 aromatic rings. The summed E-state index contributed by atoms with van der Waals surface area (Å²) in [5.41, 5.74) is 2.34. The molecule has 0 amide bonds. The minimum atomic E-state index is 0.151. The molecular weight excluding hydrogens is 238 g/mol. The first-order valence-electron chi connectivity index (χ1n) is 6.69. The summed E-state index contributed by atoms with van der Waals surface area (Å²) in [4.78, 5) is 0. The maximum absolute atomic E-state index is 5.59. The lowest BCUT2D eigenvalue weighted by Crippen LogP contribution is -2.16. The first-order valence-corrected chi connectivity index (χ1v) is 6.69. The highest BCUT2D eigenvalue weighted by Crippen LogP contribution is 2.25. The van der Waals surface area contributed by atoms with Gasteiger partial charge >= 0.3 is 0 Å². The summed E-state index contributed by atoms with van der Waals surface area (Å²) in [6.07, 6.45) is 2.83. The highest BCUT2D eigenvalue weighted by atomic mass is 16.5. The summed E-state index contributed by atoms with van der Waals surface area (Å²) >= 11 is 0. The zero-order valence-electron chi connectivity index (χ0n) is 11.8. The molecule has 1 atom stereocenters. The number of furan rings is 1. The number of benzene rings is 1. The maximum atomic E-state index is 5.59. The van der Waals surface area contributed by atoms with Crippen molar-refractivity contribution in [2.45, 2.75) is 26.3 Å². The van der Waals surface area contributed by atoms with E-state index < -0.39 is 0 Å². The largest absolute Gasteiger partial charge is 0.494 e. The summed E-state index contributed by atoms with van der Waals surface area (Å²) in [5, 5.41) is 3.31. The van der Waals surface area contributed by atoms with Crippen LogP contribution in [0.15, 0.2) is 41.0 Å². The van der Waals surface area contributed by atoms with Gasteiger partial charge in [-0.1, -0.05) is 19.1 Å². The fraction of sp³-hybridized carbons (Fsp3) is 0.375. The number of nitrogens with one attached hydrogen (secondary N) is 1. The van der Waals surface area contributed by atoms with Crippen LogP contribution in [0.2, 0.25) is 0 Å². The van der Waals surface area contributed by atoms with Crippen molar-refractivity contribution in [1.82, 2.24) is 5.32 Å². The lowest BCUT2D eigenvalue weighted by Gasteiger charge is -2.15. The Morgan fingerprint density at radius 2 is 1.95 bits per heavy atom. The van der Waals surface area contributed by atoms with Gasteiger partial charge in [-0.25, -0.2) is 0 Å². The van der Waals surface area contributed by atoms with E-state index in [2.05, 4.69) is 30.4 Å². The fourth-order valence-electron chi connectivity index (χ4n) is 2.12. The lowest BCUT2D eigenvalue weighted by atomic mass is 10.0. The maximum Gasteiger partial charge on any atom is 0.119 e. The number of rotatable bonds is 6. The monoisotopic (exact) mass is 259 g/mol. The Labute approximate surface area is 114 Å². The van der Waals surface area contributed by atoms with Crippen LogP contribution >= 0.6 is 0 Å². The van der Waals surface area contributed by atoms with E-state index in [1.54, 1.807) is 6.26 Å². The smallest absolute Gasteiger partial charge is 0.119 e. The number of ether oxygens (including phenoxy) is 1. The molecule has 1 aromatic heterocycles. The van der Waals surface area contributed by atoms with Gasteiger partial charge in [0.05, 0.1) is 18.9 Å². The molecule has 0 saturated carbocycles. The van der Waals surface area contributed by atoms with Crippen LogP contribution in [0.3, 0.4) is 0 Å². The van der Waals surface area contributed by atoms with Crippen LogP contribution in [0.1, 0.15) is 36.3 Å². The molecule has 102 valence electrons. The van der Waals surface area contributed by atoms with Crippen molar-refractivity contribution >= 4 is 0 Å². The Morgan fingerprint density at radius 1 is 1.21 bits per heavy atom. The molecule has 0 radical (unpaired) electrons. The fourth-order valence-corrected chi connectivity index (χ4v) is 2.12. The van der Waals surface area contributed by atoms with Gasteiger partial charge in [-0.3, -0.25) is 0 Å². The first-order chi connectivity index (χ1) is 9.24. The van der Waals surface area contributed by atoms with Crippen molar-refractivity contribution in [3.63, 3.8) is 0 Å². The molecular formula is C16H21NO2. The Hall–Kier alpha value is -1.74. The van der Waals surface area contributed by atoms with Crippen molar-refractivity contribution < 1.29 is 9.15 Å². The van der Waals surface area contributed by atoms with E-state index in [0.29, 0.717) is 0 Å². The molecule has 0 aliphatic rings. The minimum absolute atomic E-state index is 0.151. The molecule has 1 heterocycles. The second kappa shape index (κ2) is 6.43. The quantitative estimate of drug-likeness (QED) is 0.859. The molecule has 0 spiro atoms. The Morgan fingerprint density at radius 3 is 2.47 bits per heavy atom. The second-order valence-corrected chi connectivity index (χ2v) is 4.63. The summed E-state index contributed by atoms with van der Waals surface area (Å²) in [5.74, 6) is 1.85. The van der Waals surface area contributed by atoms with Crippen molar-refractivity contribution in [2.75, 3.05) is 13.7 Å². The number of hydrogen-bond donors (Lipinski definition) is 1. The summed E-state index contributed by atoms with van der Waals surface area (Å²) in [6, 6.07) is 10.4. The SMILES string of the molecule is CCCOc1ccc(C(NC)c2coc(C)c2)cc1. The van der Waals surface area contributed by atoms with Gasteiger partial charge in [0.15, 0.2) is 0 Å². The highest BCUT2D eigenvalue weighted by molar-refractivity contribution is 5.34. The van der Waals surface area contributed by atoms with Gasteiger partial charge in [-0.15, -0.1) is 0 Å². The first kappa shape index (κ1) is 13.7. The van der Waals surface area contributed by atoms with Gasteiger partial charge in [0.25, 0.3) is 0 Å². The topological polar surface area (TPSA) is 34.4 Å². The van der Waals surface area contributed by atoms with E-state index in [1.165, 1.54) is 5.56 Å². The van der Waals surface area contributed by atoms with Crippen LogP contribution in [0.4, 0.5) is 0 Å². The molecule has 3 heteroatoms. The average molecular weight is 259 g/mol. The molecule has 1 aromatic carbocycles. The van der Waals surface area contributed by atoms with E-state index in [9.17, 15) is 0 Å². The van der Waals surface area contributed by atoms with Crippen LogP contribution in [0, 0.1) is 6.92 Å². The summed E-state index contributed by atoms with van der Waals surface area (Å²) in [6.45, 7) is 4.82. The Bertz CT molecular complexity index is 502. The van der Waals surface area contributed by atoms with Crippen molar-refractivity contribution in [2.24, 2.45) is 0 Å². The lowest BCUT2D eigenvalue weighted by molar-refractivity contribution is 0.317. The predicted molar refractivity (Wildman–Crippen MR) is 76.6 cm³/mol. The second-order valence-electron chi connectivity index (χ2n) is 4.63.